The molecule has 0 bridgehead atoms. The van der Waals surface area contributed by atoms with E-state index in [-0.39, 0.29) is 0 Å². The van der Waals surface area contributed by atoms with Gasteiger partial charge in [0.15, 0.2) is 0 Å². The van der Waals surface area contributed by atoms with Crippen LogP contribution in [0.2, 0.25) is 0 Å². The summed E-state index contributed by atoms with van der Waals surface area (Å²) in [5.41, 5.74) is 10.4. The summed E-state index contributed by atoms with van der Waals surface area (Å²) in [6.07, 6.45) is 10.7. The zero-order chi connectivity index (χ0) is 14.2. The van der Waals surface area contributed by atoms with E-state index in [1.165, 1.54) is 38.5 Å². The van der Waals surface area contributed by atoms with Crippen molar-refractivity contribution in [2.45, 2.75) is 77.7 Å². The molecule has 1 atom stereocenters. The van der Waals surface area contributed by atoms with Crippen molar-refractivity contribution in [2.24, 2.45) is 11.5 Å². The Morgan fingerprint density at radius 2 is 1.50 bits per heavy atom. The average molecular weight is 260 g/mol. The summed E-state index contributed by atoms with van der Waals surface area (Å²) in [7, 11) is 0. The van der Waals surface area contributed by atoms with Crippen LogP contribution in [-0.2, 0) is 4.79 Å². The molecule has 4 nitrogen and oxygen atoms in total. The molecule has 5 N–H and O–H groups in total. The number of unbranched alkanes of at least 4 members (excludes halogenated alkanes) is 6. The quantitative estimate of drug-likeness (QED) is 0.527. The van der Waals surface area contributed by atoms with E-state index in [1.807, 2.05) is 0 Å². The summed E-state index contributed by atoms with van der Waals surface area (Å²) in [5.74, 6) is -0.933. The van der Waals surface area contributed by atoms with Crippen LogP contribution in [0.4, 0.5) is 0 Å². The van der Waals surface area contributed by atoms with E-state index in [0.717, 1.165) is 12.8 Å². The first kappa shape index (κ1) is 19.7. The minimum absolute atomic E-state index is 0.520. The second-order valence-electron chi connectivity index (χ2n) is 4.64. The fourth-order valence-corrected chi connectivity index (χ4v) is 1.49. The van der Waals surface area contributed by atoms with Gasteiger partial charge in [0.1, 0.15) is 6.04 Å². The molecule has 0 radical (unpaired) electrons. The molecule has 4 heteroatoms. The van der Waals surface area contributed by atoms with E-state index in [4.69, 9.17) is 16.6 Å². The van der Waals surface area contributed by atoms with Crippen molar-refractivity contribution in [3.63, 3.8) is 0 Å². The third-order valence-corrected chi connectivity index (χ3v) is 2.74. The Bertz CT molecular complexity index is 169. The highest BCUT2D eigenvalue weighted by molar-refractivity contribution is 5.72. The molecule has 0 saturated carbocycles. The molecule has 0 aliphatic heterocycles. The predicted molar refractivity (Wildman–Crippen MR) is 77.6 cm³/mol. The molecule has 0 unspecified atom stereocenters. The van der Waals surface area contributed by atoms with Crippen LogP contribution in [-0.4, -0.2) is 23.7 Å². The highest BCUT2D eigenvalue weighted by atomic mass is 16.4. The van der Waals surface area contributed by atoms with Gasteiger partial charge in [-0.3, -0.25) is 4.79 Å². The van der Waals surface area contributed by atoms with Crippen molar-refractivity contribution in [2.75, 3.05) is 6.54 Å². The highest BCUT2D eigenvalue weighted by Crippen LogP contribution is 2.03. The van der Waals surface area contributed by atoms with Gasteiger partial charge in [0, 0.05) is 0 Å². The van der Waals surface area contributed by atoms with Gasteiger partial charge >= 0.3 is 5.97 Å². The van der Waals surface area contributed by atoms with Crippen LogP contribution >= 0.6 is 0 Å². The average Bonchev–Trinajstić information content (AvgIpc) is 2.35. The smallest absolute Gasteiger partial charge is 0.320 e. The Kier molecular flexibility index (Phi) is 18.0. The molecule has 0 aromatic carbocycles. The maximum absolute atomic E-state index is 10.1. The van der Waals surface area contributed by atoms with Crippen LogP contribution in [0.15, 0.2) is 0 Å². The zero-order valence-electron chi connectivity index (χ0n) is 12.2. The van der Waals surface area contributed by atoms with E-state index >= 15 is 0 Å². The van der Waals surface area contributed by atoms with Crippen LogP contribution in [0.5, 0.6) is 0 Å². The van der Waals surface area contributed by atoms with Gasteiger partial charge < -0.3 is 16.6 Å². The fourth-order valence-electron chi connectivity index (χ4n) is 1.49. The lowest BCUT2D eigenvalue weighted by Gasteiger charge is -2.03. The molecule has 0 aliphatic carbocycles. The van der Waals surface area contributed by atoms with Gasteiger partial charge in [-0.2, -0.15) is 0 Å². The van der Waals surface area contributed by atoms with Crippen LogP contribution in [0.25, 0.3) is 0 Å². The monoisotopic (exact) mass is 260 g/mol. The Labute approximate surface area is 112 Å². The van der Waals surface area contributed by atoms with E-state index in [2.05, 4.69) is 13.8 Å². The third-order valence-electron chi connectivity index (χ3n) is 2.74. The summed E-state index contributed by atoms with van der Waals surface area (Å²) in [6, 6.07) is -0.716. The largest absolute Gasteiger partial charge is 0.480 e. The first-order chi connectivity index (χ1) is 8.59. The summed E-state index contributed by atoms with van der Waals surface area (Å²) < 4.78 is 0. The third kappa shape index (κ3) is 17.8. The Hall–Kier alpha value is -0.610. The van der Waals surface area contributed by atoms with Gasteiger partial charge in [-0.25, -0.2) is 0 Å². The highest BCUT2D eigenvalue weighted by Gasteiger charge is 2.09. The molecular formula is C14H32N2O2. The topological polar surface area (TPSA) is 89.3 Å². The van der Waals surface area contributed by atoms with Crippen LogP contribution in [0.3, 0.4) is 0 Å². The number of carboxylic acid groups (broad SMARTS) is 1. The maximum Gasteiger partial charge on any atom is 0.320 e. The molecule has 0 saturated heterocycles. The van der Waals surface area contributed by atoms with Gasteiger partial charge in [0.2, 0.25) is 0 Å². The fraction of sp³-hybridized carbons (Fsp3) is 0.929. The second-order valence-corrected chi connectivity index (χ2v) is 4.64. The molecule has 110 valence electrons. The summed E-state index contributed by atoms with van der Waals surface area (Å²) in [6.45, 7) is 5.12. The lowest BCUT2D eigenvalue weighted by Crippen LogP contribution is -2.29. The molecule has 0 heterocycles. The molecule has 0 rings (SSSR count). The van der Waals surface area contributed by atoms with Crippen LogP contribution in [0.1, 0.15) is 71.6 Å². The van der Waals surface area contributed by atoms with Crippen molar-refractivity contribution in [1.29, 1.82) is 0 Å². The van der Waals surface area contributed by atoms with Gasteiger partial charge in [0.05, 0.1) is 0 Å². The zero-order valence-corrected chi connectivity index (χ0v) is 12.2. The Balaban J connectivity index is 0. The minimum atomic E-state index is -0.933. The number of carbonyl (C=O) groups is 1. The first-order valence-corrected chi connectivity index (χ1v) is 7.28. The van der Waals surface area contributed by atoms with E-state index in [9.17, 15) is 4.79 Å². The lowest BCUT2D eigenvalue weighted by atomic mass is 10.1. The van der Waals surface area contributed by atoms with Crippen LogP contribution < -0.4 is 11.5 Å². The number of hydrogen-bond acceptors (Lipinski definition) is 3. The van der Waals surface area contributed by atoms with Crippen molar-refractivity contribution in [1.82, 2.24) is 0 Å². The molecule has 0 spiro atoms. The molecule has 0 aliphatic rings. The molecular weight excluding hydrogens is 228 g/mol. The van der Waals surface area contributed by atoms with Gasteiger partial charge in [-0.05, 0) is 19.4 Å². The van der Waals surface area contributed by atoms with Gasteiger partial charge in [-0.1, -0.05) is 58.8 Å². The van der Waals surface area contributed by atoms with Crippen molar-refractivity contribution in [3.05, 3.63) is 0 Å². The molecule has 0 amide bonds. The summed E-state index contributed by atoms with van der Waals surface area (Å²) in [4.78, 5) is 10.1. The molecule has 0 aromatic rings. The van der Waals surface area contributed by atoms with E-state index < -0.39 is 12.0 Å². The maximum atomic E-state index is 10.1. The van der Waals surface area contributed by atoms with Crippen molar-refractivity contribution in [3.8, 4) is 0 Å². The van der Waals surface area contributed by atoms with Gasteiger partial charge in [-0.15, -0.1) is 0 Å². The Morgan fingerprint density at radius 1 is 1.00 bits per heavy atom. The predicted octanol–water partition coefficient (Wildman–Crippen LogP) is 2.89. The minimum Gasteiger partial charge on any atom is -0.480 e. The standard InChI is InChI=1S/C8H18.C6H14N2O2/c1-3-5-7-8-6-4-2;7-4-2-1-3-5(8)6(9)10/h3-8H2,1-2H3;5H,1-4,7-8H2,(H,9,10)/t;5-/m.0/s1. The normalized spacial score (nSPS) is 11.6. The van der Waals surface area contributed by atoms with Gasteiger partial charge in [0.25, 0.3) is 0 Å². The number of nitrogens with two attached hydrogens (primary N) is 2. The lowest BCUT2D eigenvalue weighted by molar-refractivity contribution is -0.138. The number of hydrogen-bond donors (Lipinski definition) is 3. The molecule has 0 fully saturated rings. The van der Waals surface area contributed by atoms with E-state index in [0.29, 0.717) is 13.0 Å². The SMILES string of the molecule is CCCCCCCC.NCCCC[C@H](N)C(=O)O. The van der Waals surface area contributed by atoms with Crippen molar-refractivity contribution >= 4 is 5.97 Å². The van der Waals surface area contributed by atoms with E-state index in [1.54, 1.807) is 0 Å². The number of rotatable bonds is 10. The first-order valence-electron chi connectivity index (χ1n) is 7.28. The molecule has 0 aromatic heterocycles. The molecule has 18 heavy (non-hydrogen) atoms. The van der Waals surface area contributed by atoms with Crippen LogP contribution in [0, 0.1) is 0 Å². The Morgan fingerprint density at radius 3 is 1.83 bits per heavy atom. The second kappa shape index (κ2) is 16.4. The number of carboxylic acids is 1. The number of aliphatic carboxylic acids is 1. The summed E-state index contributed by atoms with van der Waals surface area (Å²) >= 11 is 0. The summed E-state index contributed by atoms with van der Waals surface area (Å²) in [5, 5.41) is 8.33. The van der Waals surface area contributed by atoms with Crippen molar-refractivity contribution < 1.29 is 9.90 Å².